The quantitative estimate of drug-likeness (QED) is 0.660. The van der Waals surface area contributed by atoms with Crippen molar-refractivity contribution in [1.82, 2.24) is 0 Å². The first-order valence-corrected chi connectivity index (χ1v) is 8.29. The molecule has 0 radical (unpaired) electrons. The SMILES string of the molecule is C=C1C(=O)C2=C(OC(C)(C)CC2)c2ccc3c(c21)CCCC3. The number of ether oxygens (including phenoxy) is 1. The third kappa shape index (κ3) is 1.89. The highest BCUT2D eigenvalue weighted by Gasteiger charge is 2.38. The summed E-state index contributed by atoms with van der Waals surface area (Å²) in [4.78, 5) is 12.8. The summed E-state index contributed by atoms with van der Waals surface area (Å²) in [5, 5.41) is 0. The minimum Gasteiger partial charge on any atom is -0.487 e. The second-order valence-corrected chi connectivity index (χ2v) is 7.31. The fourth-order valence-corrected chi connectivity index (χ4v) is 4.02. The number of aryl methyl sites for hydroxylation is 1. The van der Waals surface area contributed by atoms with Crippen LogP contribution in [0.5, 0.6) is 0 Å². The van der Waals surface area contributed by atoms with Crippen molar-refractivity contribution in [1.29, 1.82) is 0 Å². The molecule has 0 spiro atoms. The van der Waals surface area contributed by atoms with Gasteiger partial charge in [-0.15, -0.1) is 0 Å². The molecule has 0 atom stereocenters. The average Bonchev–Trinajstić information content (AvgIpc) is 2.50. The summed E-state index contributed by atoms with van der Waals surface area (Å²) in [6.07, 6.45) is 6.27. The summed E-state index contributed by atoms with van der Waals surface area (Å²) in [7, 11) is 0. The van der Waals surface area contributed by atoms with Crippen LogP contribution in [0.4, 0.5) is 0 Å². The Kier molecular flexibility index (Phi) is 2.87. The maximum Gasteiger partial charge on any atom is 0.192 e. The van der Waals surface area contributed by atoms with Gasteiger partial charge in [-0.1, -0.05) is 18.7 Å². The van der Waals surface area contributed by atoms with E-state index >= 15 is 0 Å². The highest BCUT2D eigenvalue weighted by Crippen LogP contribution is 2.46. The summed E-state index contributed by atoms with van der Waals surface area (Å²) in [6, 6.07) is 4.37. The molecule has 4 rings (SSSR count). The maximum atomic E-state index is 12.8. The number of fused-ring (bicyclic) bond motifs is 4. The molecule has 0 unspecified atom stereocenters. The van der Waals surface area contributed by atoms with E-state index in [1.54, 1.807) is 0 Å². The predicted octanol–water partition coefficient (Wildman–Crippen LogP) is 4.46. The molecule has 3 aliphatic rings. The predicted molar refractivity (Wildman–Crippen MR) is 88.4 cm³/mol. The van der Waals surface area contributed by atoms with Crippen LogP contribution < -0.4 is 0 Å². The van der Waals surface area contributed by atoms with Crippen molar-refractivity contribution in [3.05, 3.63) is 46.5 Å². The number of carbonyl (C=O) groups excluding carboxylic acids is 1. The summed E-state index contributed by atoms with van der Waals surface area (Å²) in [5.74, 6) is 0.911. The molecular formula is C20H22O2. The van der Waals surface area contributed by atoms with E-state index in [9.17, 15) is 4.79 Å². The minimum absolute atomic E-state index is 0.0944. The largest absolute Gasteiger partial charge is 0.487 e. The molecule has 2 nitrogen and oxygen atoms in total. The zero-order chi connectivity index (χ0) is 15.5. The Labute approximate surface area is 131 Å². The number of Topliss-reactive ketones (excluding diaryl/α,β-unsaturated/α-hetero) is 1. The second kappa shape index (κ2) is 4.58. The van der Waals surface area contributed by atoms with Crippen LogP contribution in [-0.4, -0.2) is 11.4 Å². The Bertz CT molecular complexity index is 734. The number of carbonyl (C=O) groups is 1. The zero-order valence-corrected chi connectivity index (χ0v) is 13.4. The van der Waals surface area contributed by atoms with E-state index < -0.39 is 0 Å². The molecular weight excluding hydrogens is 272 g/mol. The van der Waals surface area contributed by atoms with E-state index in [0.717, 1.165) is 48.1 Å². The van der Waals surface area contributed by atoms with Crippen molar-refractivity contribution >= 4 is 17.1 Å². The fraction of sp³-hybridized carbons (Fsp3) is 0.450. The molecule has 2 heteroatoms. The van der Waals surface area contributed by atoms with Gasteiger partial charge in [0.15, 0.2) is 5.78 Å². The standard InChI is InChI=1S/C20H22O2/c1-12-17-14-7-5-4-6-13(14)8-9-15(17)19-16(18(12)21)10-11-20(2,3)22-19/h8-9H,1,4-7,10-11H2,2-3H3. The van der Waals surface area contributed by atoms with Gasteiger partial charge in [-0.25, -0.2) is 0 Å². The van der Waals surface area contributed by atoms with Gasteiger partial charge in [-0.2, -0.15) is 0 Å². The Morgan fingerprint density at radius 3 is 2.73 bits per heavy atom. The Hall–Kier alpha value is -1.83. The van der Waals surface area contributed by atoms with Gasteiger partial charge in [0.1, 0.15) is 11.4 Å². The number of rotatable bonds is 0. The van der Waals surface area contributed by atoms with Gasteiger partial charge in [0, 0.05) is 16.7 Å². The molecule has 0 N–H and O–H groups in total. The number of allylic oxidation sites excluding steroid dienone is 2. The van der Waals surface area contributed by atoms with E-state index in [1.807, 2.05) is 0 Å². The van der Waals surface area contributed by atoms with E-state index in [0.29, 0.717) is 5.57 Å². The molecule has 0 saturated carbocycles. The van der Waals surface area contributed by atoms with Crippen LogP contribution in [0.3, 0.4) is 0 Å². The van der Waals surface area contributed by atoms with E-state index in [2.05, 4.69) is 32.6 Å². The van der Waals surface area contributed by atoms with Crippen LogP contribution in [-0.2, 0) is 22.4 Å². The van der Waals surface area contributed by atoms with Crippen molar-refractivity contribution in [2.45, 2.75) is 58.0 Å². The van der Waals surface area contributed by atoms with E-state index in [4.69, 9.17) is 4.74 Å². The van der Waals surface area contributed by atoms with Crippen LogP contribution in [0, 0.1) is 0 Å². The van der Waals surface area contributed by atoms with Crippen LogP contribution in [0.1, 0.15) is 61.8 Å². The molecule has 0 aromatic heterocycles. The van der Waals surface area contributed by atoms with Crippen molar-refractivity contribution in [3.63, 3.8) is 0 Å². The number of hydrogen-bond acceptors (Lipinski definition) is 2. The summed E-state index contributed by atoms with van der Waals surface area (Å²) in [5.41, 5.74) is 6.18. The lowest BCUT2D eigenvalue weighted by atomic mass is 9.76. The van der Waals surface area contributed by atoms with Gasteiger partial charge < -0.3 is 4.74 Å². The van der Waals surface area contributed by atoms with E-state index in [1.165, 1.54) is 24.0 Å². The van der Waals surface area contributed by atoms with Gasteiger partial charge in [-0.3, -0.25) is 4.79 Å². The lowest BCUT2D eigenvalue weighted by Gasteiger charge is -2.38. The smallest absolute Gasteiger partial charge is 0.192 e. The van der Waals surface area contributed by atoms with Gasteiger partial charge in [0.05, 0.1) is 0 Å². The molecule has 1 aromatic rings. The first kappa shape index (κ1) is 13.8. The van der Waals surface area contributed by atoms with Crippen molar-refractivity contribution in [3.8, 4) is 0 Å². The molecule has 22 heavy (non-hydrogen) atoms. The second-order valence-electron chi connectivity index (χ2n) is 7.31. The lowest BCUT2D eigenvalue weighted by molar-refractivity contribution is -0.111. The van der Waals surface area contributed by atoms with Crippen LogP contribution in [0.2, 0.25) is 0 Å². The summed E-state index contributed by atoms with van der Waals surface area (Å²) in [6.45, 7) is 8.33. The molecule has 0 bridgehead atoms. The number of benzene rings is 1. The van der Waals surface area contributed by atoms with Crippen LogP contribution in [0.15, 0.2) is 24.3 Å². The van der Waals surface area contributed by atoms with Crippen molar-refractivity contribution in [2.24, 2.45) is 0 Å². The van der Waals surface area contributed by atoms with Gasteiger partial charge in [-0.05, 0) is 69.1 Å². The highest BCUT2D eigenvalue weighted by molar-refractivity contribution is 6.33. The molecule has 114 valence electrons. The van der Waals surface area contributed by atoms with Crippen molar-refractivity contribution in [2.75, 3.05) is 0 Å². The summed E-state index contributed by atoms with van der Waals surface area (Å²) >= 11 is 0. The van der Waals surface area contributed by atoms with Crippen LogP contribution in [0.25, 0.3) is 11.3 Å². The van der Waals surface area contributed by atoms with Crippen molar-refractivity contribution < 1.29 is 9.53 Å². The Balaban J connectivity index is 1.96. The molecule has 0 saturated heterocycles. The number of hydrogen-bond donors (Lipinski definition) is 0. The van der Waals surface area contributed by atoms with E-state index in [-0.39, 0.29) is 11.4 Å². The molecule has 0 amide bonds. The molecule has 1 heterocycles. The molecule has 1 aromatic carbocycles. The molecule has 2 aliphatic carbocycles. The maximum absolute atomic E-state index is 12.8. The highest BCUT2D eigenvalue weighted by atomic mass is 16.5. The summed E-state index contributed by atoms with van der Waals surface area (Å²) < 4.78 is 6.23. The monoisotopic (exact) mass is 294 g/mol. The number of ketones is 1. The van der Waals surface area contributed by atoms with Gasteiger partial charge >= 0.3 is 0 Å². The lowest BCUT2D eigenvalue weighted by Crippen LogP contribution is -2.32. The Morgan fingerprint density at radius 2 is 1.91 bits per heavy atom. The third-order valence-electron chi connectivity index (χ3n) is 5.26. The average molecular weight is 294 g/mol. The van der Waals surface area contributed by atoms with Gasteiger partial charge in [0.25, 0.3) is 0 Å². The molecule has 0 fully saturated rings. The first-order valence-electron chi connectivity index (χ1n) is 8.29. The normalized spacial score (nSPS) is 22.6. The Morgan fingerprint density at radius 1 is 1.14 bits per heavy atom. The van der Waals surface area contributed by atoms with Gasteiger partial charge in [0.2, 0.25) is 0 Å². The zero-order valence-electron chi connectivity index (χ0n) is 13.4. The molecule has 1 aliphatic heterocycles. The van der Waals surface area contributed by atoms with Crippen LogP contribution >= 0.6 is 0 Å². The topological polar surface area (TPSA) is 26.3 Å². The first-order chi connectivity index (χ1) is 10.5. The third-order valence-corrected chi connectivity index (χ3v) is 5.26. The minimum atomic E-state index is -0.203. The fourth-order valence-electron chi connectivity index (χ4n) is 4.02.